The molecule has 0 bridgehead atoms. The highest BCUT2D eigenvalue weighted by Gasteiger charge is 2.05. The van der Waals surface area contributed by atoms with Crippen LogP contribution in [0.4, 0.5) is 5.82 Å². The van der Waals surface area contributed by atoms with E-state index in [1.807, 2.05) is 23.9 Å². The fraction of sp³-hybridized carbons (Fsp3) is 0.417. The normalized spacial score (nSPS) is 10.7. The summed E-state index contributed by atoms with van der Waals surface area (Å²) in [5.41, 5.74) is 1.02. The first-order valence-electron chi connectivity index (χ1n) is 5.97. The maximum atomic E-state index is 4.40. The lowest BCUT2D eigenvalue weighted by atomic mass is 10.3. The molecule has 96 valence electrons. The molecule has 0 aliphatic rings. The molecule has 2 rings (SSSR count). The molecule has 0 aliphatic heterocycles. The van der Waals surface area contributed by atoms with Crippen LogP contribution in [0.2, 0.25) is 0 Å². The summed E-state index contributed by atoms with van der Waals surface area (Å²) in [6.45, 7) is 6.67. The molecule has 0 unspecified atom stereocenters. The van der Waals surface area contributed by atoms with Crippen LogP contribution in [0.3, 0.4) is 0 Å². The van der Waals surface area contributed by atoms with E-state index in [2.05, 4.69) is 33.9 Å². The molecule has 2 heterocycles. The summed E-state index contributed by atoms with van der Waals surface area (Å²) in [6.07, 6.45) is 4.34. The summed E-state index contributed by atoms with van der Waals surface area (Å²) >= 11 is 1.85. The predicted octanol–water partition coefficient (Wildman–Crippen LogP) is 2.02. The van der Waals surface area contributed by atoms with E-state index < -0.39 is 0 Å². The topological polar surface area (TPSA) is 55.1 Å². The Hall–Kier alpha value is -1.56. The summed E-state index contributed by atoms with van der Waals surface area (Å²) < 4.78 is 1.73. The van der Waals surface area contributed by atoms with Gasteiger partial charge in [-0.3, -0.25) is 0 Å². The van der Waals surface area contributed by atoms with E-state index in [1.54, 1.807) is 4.52 Å². The van der Waals surface area contributed by atoms with Gasteiger partial charge in [-0.2, -0.15) is 26.4 Å². The van der Waals surface area contributed by atoms with Gasteiger partial charge in [0.2, 0.25) is 0 Å². The lowest BCUT2D eigenvalue weighted by Gasteiger charge is -2.08. The molecule has 18 heavy (non-hydrogen) atoms. The maximum Gasteiger partial charge on any atom is 0.254 e. The van der Waals surface area contributed by atoms with Crippen LogP contribution in [0.5, 0.6) is 0 Å². The number of rotatable bonds is 7. The number of fused-ring (bicyclic) bond motifs is 1. The molecular weight excluding hydrogens is 246 g/mol. The Morgan fingerprint density at radius 3 is 3.22 bits per heavy atom. The third-order valence-corrected chi connectivity index (χ3v) is 3.42. The number of aromatic nitrogens is 4. The number of thioether (sulfide) groups is 1. The molecule has 0 spiro atoms. The summed E-state index contributed by atoms with van der Waals surface area (Å²) in [5.74, 6) is 3.62. The minimum Gasteiger partial charge on any atom is -0.369 e. The van der Waals surface area contributed by atoms with Gasteiger partial charge in [-0.1, -0.05) is 13.0 Å². The van der Waals surface area contributed by atoms with E-state index in [-0.39, 0.29) is 0 Å². The molecule has 0 saturated heterocycles. The molecule has 0 fully saturated rings. The van der Waals surface area contributed by atoms with Gasteiger partial charge >= 0.3 is 0 Å². The quantitative estimate of drug-likeness (QED) is 0.612. The van der Waals surface area contributed by atoms with Crippen LogP contribution in [0.15, 0.2) is 25.0 Å². The largest absolute Gasteiger partial charge is 0.369 e. The number of hydrogen-bond acceptors (Lipinski definition) is 5. The van der Waals surface area contributed by atoms with Crippen molar-refractivity contribution in [1.29, 1.82) is 0 Å². The van der Waals surface area contributed by atoms with E-state index in [0.29, 0.717) is 5.78 Å². The van der Waals surface area contributed by atoms with Crippen molar-refractivity contribution in [3.8, 4) is 0 Å². The predicted molar refractivity (Wildman–Crippen MR) is 76.2 cm³/mol. The number of nitrogens with zero attached hydrogens (tertiary/aromatic N) is 4. The summed E-state index contributed by atoms with van der Waals surface area (Å²) in [5, 5.41) is 7.54. The van der Waals surface area contributed by atoms with Crippen molar-refractivity contribution in [3.05, 3.63) is 30.7 Å². The second-order valence-electron chi connectivity index (χ2n) is 3.75. The number of anilines is 1. The maximum absolute atomic E-state index is 4.40. The molecule has 5 nitrogen and oxygen atoms in total. The molecule has 0 radical (unpaired) electrons. The minimum absolute atomic E-state index is 0.649. The highest BCUT2D eigenvalue weighted by Crippen LogP contribution is 2.11. The molecule has 1 N–H and O–H groups in total. The lowest BCUT2D eigenvalue weighted by Crippen LogP contribution is -2.10. The van der Waals surface area contributed by atoms with Gasteiger partial charge in [0.25, 0.3) is 5.78 Å². The highest BCUT2D eigenvalue weighted by molar-refractivity contribution is 7.99. The smallest absolute Gasteiger partial charge is 0.254 e. The zero-order chi connectivity index (χ0) is 12.8. The Balaban J connectivity index is 2.06. The van der Waals surface area contributed by atoms with Gasteiger partial charge in [0.15, 0.2) is 0 Å². The molecule has 0 saturated carbocycles. The first-order chi connectivity index (χ1) is 8.85. The first kappa shape index (κ1) is 12.9. The molecule has 0 aliphatic carbocycles. The van der Waals surface area contributed by atoms with Gasteiger partial charge in [0, 0.05) is 29.8 Å². The Morgan fingerprint density at radius 1 is 1.56 bits per heavy atom. The van der Waals surface area contributed by atoms with Crippen LogP contribution in [0.1, 0.15) is 12.6 Å². The molecule has 0 aromatic carbocycles. The minimum atomic E-state index is 0.649. The third kappa shape index (κ3) is 3.01. The monoisotopic (exact) mass is 263 g/mol. The standard InChI is InChI=1S/C12H17N5S/c1-3-6-18-7-5-13-11-8-10(4-2)16-12-14-9-15-17(11)12/h3,8-9,13H,1,4-7H2,2H3. The second-order valence-corrected chi connectivity index (χ2v) is 4.90. The lowest BCUT2D eigenvalue weighted by molar-refractivity contribution is 0.907. The van der Waals surface area contributed by atoms with Crippen molar-refractivity contribution in [2.45, 2.75) is 13.3 Å². The van der Waals surface area contributed by atoms with Gasteiger partial charge in [0.1, 0.15) is 12.1 Å². The zero-order valence-corrected chi connectivity index (χ0v) is 11.3. The second kappa shape index (κ2) is 6.39. The SMILES string of the molecule is C=CCSCCNc1cc(CC)nc2ncnn12. The van der Waals surface area contributed by atoms with Crippen LogP contribution in [0, 0.1) is 0 Å². The summed E-state index contributed by atoms with van der Waals surface area (Å²) in [4.78, 5) is 8.53. The zero-order valence-electron chi connectivity index (χ0n) is 10.5. The molecule has 0 amide bonds. The van der Waals surface area contributed by atoms with Gasteiger partial charge in [-0.05, 0) is 6.42 Å². The molecule has 2 aromatic heterocycles. The van der Waals surface area contributed by atoms with Crippen molar-refractivity contribution < 1.29 is 0 Å². The van der Waals surface area contributed by atoms with Crippen molar-refractivity contribution in [3.63, 3.8) is 0 Å². The van der Waals surface area contributed by atoms with E-state index in [0.717, 1.165) is 36.0 Å². The Bertz CT molecular complexity index is 522. The number of hydrogen-bond donors (Lipinski definition) is 1. The van der Waals surface area contributed by atoms with Gasteiger partial charge in [0.05, 0.1) is 0 Å². The summed E-state index contributed by atoms with van der Waals surface area (Å²) in [6, 6.07) is 2.03. The number of nitrogens with one attached hydrogen (secondary N) is 1. The molecule has 6 heteroatoms. The fourth-order valence-electron chi connectivity index (χ4n) is 1.59. The Kier molecular flexibility index (Phi) is 4.58. The van der Waals surface area contributed by atoms with Crippen molar-refractivity contribution in [2.24, 2.45) is 0 Å². The third-order valence-electron chi connectivity index (χ3n) is 2.46. The average molecular weight is 263 g/mol. The van der Waals surface area contributed by atoms with Gasteiger partial charge < -0.3 is 5.32 Å². The summed E-state index contributed by atoms with van der Waals surface area (Å²) in [7, 11) is 0. The molecule has 2 aromatic rings. The van der Waals surface area contributed by atoms with Gasteiger partial charge in [-0.15, -0.1) is 6.58 Å². The first-order valence-corrected chi connectivity index (χ1v) is 7.12. The average Bonchev–Trinajstić information content (AvgIpc) is 2.86. The van der Waals surface area contributed by atoms with Crippen molar-refractivity contribution in [2.75, 3.05) is 23.4 Å². The van der Waals surface area contributed by atoms with Crippen LogP contribution in [-0.4, -0.2) is 37.6 Å². The van der Waals surface area contributed by atoms with Gasteiger partial charge in [-0.25, -0.2) is 4.98 Å². The fourth-order valence-corrected chi connectivity index (χ4v) is 2.17. The molecule has 0 atom stereocenters. The van der Waals surface area contributed by atoms with Crippen LogP contribution < -0.4 is 5.32 Å². The van der Waals surface area contributed by atoms with Crippen LogP contribution in [-0.2, 0) is 6.42 Å². The van der Waals surface area contributed by atoms with Crippen LogP contribution in [0.25, 0.3) is 5.78 Å². The van der Waals surface area contributed by atoms with Crippen LogP contribution >= 0.6 is 11.8 Å². The van der Waals surface area contributed by atoms with Crippen molar-refractivity contribution in [1.82, 2.24) is 19.6 Å². The van der Waals surface area contributed by atoms with Crippen molar-refractivity contribution >= 4 is 23.4 Å². The van der Waals surface area contributed by atoms with E-state index in [4.69, 9.17) is 0 Å². The Labute approximate surface area is 111 Å². The van der Waals surface area contributed by atoms with E-state index in [9.17, 15) is 0 Å². The van der Waals surface area contributed by atoms with E-state index >= 15 is 0 Å². The highest BCUT2D eigenvalue weighted by atomic mass is 32.2. The van der Waals surface area contributed by atoms with E-state index in [1.165, 1.54) is 6.33 Å². The number of aryl methyl sites for hydroxylation is 1. The molecular formula is C12H17N5S. The Morgan fingerprint density at radius 2 is 2.44 bits per heavy atom.